The molecule has 9 heteroatoms. The molecular formula is C25H30ClN5O3. The number of hydrazone groups is 1. The highest BCUT2D eigenvalue weighted by Gasteiger charge is 2.31. The maximum Gasteiger partial charge on any atom is 0.240 e. The van der Waals surface area contributed by atoms with Crippen molar-refractivity contribution in [1.82, 2.24) is 10.5 Å². The molecule has 2 aromatic rings. The van der Waals surface area contributed by atoms with Crippen LogP contribution in [0.25, 0.3) is 0 Å². The van der Waals surface area contributed by atoms with E-state index < -0.39 is 11.6 Å². The number of aliphatic hydroxyl groups is 1. The molecule has 0 aromatic heterocycles. The summed E-state index contributed by atoms with van der Waals surface area (Å²) in [5, 5.41) is 29.2. The molecule has 1 aliphatic heterocycles. The highest BCUT2D eigenvalue weighted by Crippen LogP contribution is 2.27. The highest BCUT2D eigenvalue weighted by molar-refractivity contribution is 6.30. The van der Waals surface area contributed by atoms with Crippen molar-refractivity contribution in [2.24, 2.45) is 11.0 Å². The van der Waals surface area contributed by atoms with Gasteiger partial charge in [0.2, 0.25) is 5.91 Å². The summed E-state index contributed by atoms with van der Waals surface area (Å²) in [6, 6.07) is 14.8. The number of hydrogen-bond acceptors (Lipinski definition) is 7. The van der Waals surface area contributed by atoms with Gasteiger partial charge in [-0.2, -0.15) is 10.4 Å². The molecular weight excluding hydrogens is 454 g/mol. The van der Waals surface area contributed by atoms with Crippen LogP contribution in [0.2, 0.25) is 5.02 Å². The lowest BCUT2D eigenvalue weighted by atomic mass is 9.94. The first-order valence-electron chi connectivity index (χ1n) is 11.1. The van der Waals surface area contributed by atoms with Crippen LogP contribution in [0.1, 0.15) is 45.2 Å². The first-order chi connectivity index (χ1) is 16.1. The van der Waals surface area contributed by atoms with Crippen LogP contribution >= 0.6 is 11.6 Å². The monoisotopic (exact) mass is 483 g/mol. The lowest BCUT2D eigenvalue weighted by Gasteiger charge is -2.38. The number of hydrogen-bond donors (Lipinski definition) is 3. The summed E-state index contributed by atoms with van der Waals surface area (Å²) in [4.78, 5) is 17.6. The first kappa shape index (κ1) is 25.5. The molecule has 34 heavy (non-hydrogen) atoms. The Morgan fingerprint density at radius 3 is 2.68 bits per heavy atom. The number of rotatable bonds is 9. The number of nitrogens with one attached hydrogen (secondary N) is 2. The molecule has 0 aliphatic carbocycles. The van der Waals surface area contributed by atoms with Gasteiger partial charge < -0.3 is 15.3 Å². The highest BCUT2D eigenvalue weighted by atomic mass is 35.5. The van der Waals surface area contributed by atoms with Gasteiger partial charge in [0.25, 0.3) is 0 Å². The van der Waals surface area contributed by atoms with Gasteiger partial charge in [0.15, 0.2) is 5.75 Å². The summed E-state index contributed by atoms with van der Waals surface area (Å²) in [6.45, 7) is 8.35. The number of aliphatic hydroxyl groups excluding tert-OH is 1. The predicted octanol–water partition coefficient (Wildman–Crippen LogP) is 3.94. The van der Waals surface area contributed by atoms with Crippen LogP contribution in [-0.2, 0) is 4.79 Å². The predicted molar refractivity (Wildman–Crippen MR) is 133 cm³/mol. The minimum Gasteiger partial charge on any atom is -0.404 e. The SMILES string of the molecule is CC(O)CN(Oc1cc(Cl)ccc1C#N)C(C)(C)CNc1ccc(C2=NNC(=O)CC2C)cc1. The summed E-state index contributed by atoms with van der Waals surface area (Å²) in [6.07, 6.45) is -0.228. The standard InChI is InChI=1S/C25H30ClN5O3/c1-16-11-23(33)29-30-24(16)18-6-9-21(10-7-18)28-15-25(3,4)31(14-17(2)32)34-22-12-20(26)8-5-19(22)13-27/h5-10,12,16-17,28,32H,11,14-15H2,1-4H3,(H,29,33). The Morgan fingerprint density at radius 1 is 1.35 bits per heavy atom. The molecule has 1 amide bonds. The Bertz CT molecular complexity index is 1090. The van der Waals surface area contributed by atoms with E-state index in [0.29, 0.717) is 29.3 Å². The van der Waals surface area contributed by atoms with Gasteiger partial charge in [0.05, 0.1) is 29.5 Å². The molecule has 0 radical (unpaired) electrons. The molecule has 1 aliphatic rings. The number of halogens is 1. The fourth-order valence-electron chi connectivity index (χ4n) is 3.60. The van der Waals surface area contributed by atoms with Crippen LogP contribution < -0.4 is 15.6 Å². The Balaban J connectivity index is 1.72. The molecule has 0 saturated heterocycles. The van der Waals surface area contributed by atoms with Crippen LogP contribution in [0.4, 0.5) is 5.69 Å². The van der Waals surface area contributed by atoms with E-state index in [4.69, 9.17) is 16.4 Å². The van der Waals surface area contributed by atoms with Crippen molar-refractivity contribution in [2.75, 3.05) is 18.4 Å². The molecule has 2 aromatic carbocycles. The second kappa shape index (κ2) is 10.9. The van der Waals surface area contributed by atoms with Gasteiger partial charge in [-0.05, 0) is 50.6 Å². The van der Waals surface area contributed by atoms with Gasteiger partial charge in [-0.15, -0.1) is 5.06 Å². The molecule has 0 spiro atoms. The van der Waals surface area contributed by atoms with Crippen molar-refractivity contribution in [1.29, 1.82) is 5.26 Å². The van der Waals surface area contributed by atoms with Gasteiger partial charge in [0.1, 0.15) is 6.07 Å². The lowest BCUT2D eigenvalue weighted by Crippen LogP contribution is -2.53. The number of nitrogens with zero attached hydrogens (tertiary/aromatic N) is 3. The van der Waals surface area contributed by atoms with Crippen molar-refractivity contribution in [3.8, 4) is 11.8 Å². The lowest BCUT2D eigenvalue weighted by molar-refractivity contribution is -0.144. The zero-order chi connectivity index (χ0) is 24.9. The topological polar surface area (TPSA) is 110 Å². The normalized spacial score (nSPS) is 16.9. The van der Waals surface area contributed by atoms with E-state index in [2.05, 4.69) is 21.9 Å². The zero-order valence-corrected chi connectivity index (χ0v) is 20.6. The van der Waals surface area contributed by atoms with E-state index in [1.54, 1.807) is 30.2 Å². The second-order valence-corrected chi connectivity index (χ2v) is 9.57. The number of hydroxylamine groups is 2. The average Bonchev–Trinajstić information content (AvgIpc) is 2.78. The third kappa shape index (κ3) is 6.48. The quantitative estimate of drug-likeness (QED) is 0.466. The number of carbonyl (C=O) groups excluding carboxylic acids is 1. The van der Waals surface area contributed by atoms with Gasteiger partial charge in [0, 0.05) is 35.7 Å². The van der Waals surface area contributed by atoms with Gasteiger partial charge in [-0.25, -0.2) is 5.43 Å². The number of anilines is 1. The van der Waals surface area contributed by atoms with Gasteiger partial charge in [-0.3, -0.25) is 4.79 Å². The van der Waals surface area contributed by atoms with Crippen molar-refractivity contribution >= 4 is 28.9 Å². The molecule has 0 bridgehead atoms. The minimum absolute atomic E-state index is 0.0578. The molecule has 1 heterocycles. The van der Waals surface area contributed by atoms with Crippen molar-refractivity contribution in [3.63, 3.8) is 0 Å². The number of β-amino-alcohol motifs (C(OH)–C–C–N with tert-alkyl or cyclic N) is 1. The number of benzene rings is 2. The van der Waals surface area contributed by atoms with Crippen LogP contribution in [-0.4, -0.2) is 46.5 Å². The summed E-state index contributed by atoms with van der Waals surface area (Å²) in [7, 11) is 0. The molecule has 180 valence electrons. The van der Waals surface area contributed by atoms with E-state index in [0.717, 1.165) is 17.0 Å². The van der Waals surface area contributed by atoms with Crippen LogP contribution in [0.3, 0.4) is 0 Å². The van der Waals surface area contributed by atoms with Crippen molar-refractivity contribution in [2.45, 2.75) is 45.8 Å². The summed E-state index contributed by atoms with van der Waals surface area (Å²) in [5.41, 5.74) is 5.07. The summed E-state index contributed by atoms with van der Waals surface area (Å²) >= 11 is 6.10. The third-order valence-electron chi connectivity index (χ3n) is 5.54. The zero-order valence-electron chi connectivity index (χ0n) is 19.8. The van der Waals surface area contributed by atoms with Gasteiger partial charge in [-0.1, -0.05) is 30.7 Å². The van der Waals surface area contributed by atoms with Crippen LogP contribution in [0.15, 0.2) is 47.6 Å². The van der Waals surface area contributed by atoms with Crippen LogP contribution in [0, 0.1) is 17.2 Å². The van der Waals surface area contributed by atoms with Gasteiger partial charge >= 0.3 is 0 Å². The number of nitriles is 1. The molecule has 0 saturated carbocycles. The molecule has 3 rings (SSSR count). The minimum atomic E-state index is -0.651. The van der Waals surface area contributed by atoms with Crippen molar-refractivity contribution < 1.29 is 14.7 Å². The molecule has 0 fully saturated rings. The Kier molecular flexibility index (Phi) is 8.15. The van der Waals surface area contributed by atoms with E-state index >= 15 is 0 Å². The van der Waals surface area contributed by atoms with E-state index in [-0.39, 0.29) is 18.4 Å². The summed E-state index contributed by atoms with van der Waals surface area (Å²) < 4.78 is 0. The second-order valence-electron chi connectivity index (χ2n) is 9.13. The smallest absolute Gasteiger partial charge is 0.240 e. The summed E-state index contributed by atoms with van der Waals surface area (Å²) in [5.74, 6) is 0.324. The fourth-order valence-corrected chi connectivity index (χ4v) is 3.76. The fraction of sp³-hybridized carbons (Fsp3) is 0.400. The molecule has 3 N–H and O–H groups in total. The van der Waals surface area contributed by atoms with E-state index in [9.17, 15) is 15.2 Å². The molecule has 2 unspecified atom stereocenters. The Morgan fingerprint density at radius 2 is 2.06 bits per heavy atom. The van der Waals surface area contributed by atoms with Crippen molar-refractivity contribution in [3.05, 3.63) is 58.6 Å². The van der Waals surface area contributed by atoms with Crippen LogP contribution in [0.5, 0.6) is 5.75 Å². The largest absolute Gasteiger partial charge is 0.404 e. The average molecular weight is 484 g/mol. The number of amides is 1. The Labute approximate surface area is 205 Å². The maximum atomic E-state index is 11.5. The maximum absolute atomic E-state index is 11.5. The molecule has 2 atom stereocenters. The Hall–Kier alpha value is -3.12. The van der Waals surface area contributed by atoms with E-state index in [1.807, 2.05) is 45.0 Å². The number of carbonyl (C=O) groups is 1. The molecule has 8 nitrogen and oxygen atoms in total. The third-order valence-corrected chi connectivity index (χ3v) is 5.78. The first-order valence-corrected chi connectivity index (χ1v) is 11.5. The van der Waals surface area contributed by atoms with E-state index in [1.165, 1.54) is 0 Å².